The standard InChI is InChI=1S/C13H15F3N2O3/c1-8-9(4-5-21-8)7-17-12-3-2-10(18(19)20)6-11(12)13(14,15)16/h2-3,6,8-9,17H,4-5,7H2,1H3. The van der Waals surface area contributed by atoms with Crippen LogP contribution in [0.3, 0.4) is 0 Å². The van der Waals surface area contributed by atoms with Gasteiger partial charge in [0.2, 0.25) is 0 Å². The summed E-state index contributed by atoms with van der Waals surface area (Å²) in [6.07, 6.45) is -3.88. The van der Waals surface area contributed by atoms with E-state index in [-0.39, 0.29) is 17.7 Å². The van der Waals surface area contributed by atoms with Crippen molar-refractivity contribution in [3.8, 4) is 0 Å². The number of nitrogens with one attached hydrogen (secondary N) is 1. The van der Waals surface area contributed by atoms with E-state index in [9.17, 15) is 23.3 Å². The van der Waals surface area contributed by atoms with E-state index in [0.717, 1.165) is 18.6 Å². The van der Waals surface area contributed by atoms with E-state index in [1.165, 1.54) is 0 Å². The van der Waals surface area contributed by atoms with Gasteiger partial charge in [0, 0.05) is 36.9 Å². The number of anilines is 1. The maximum Gasteiger partial charge on any atom is 0.418 e. The largest absolute Gasteiger partial charge is 0.418 e. The molecule has 1 aliphatic rings. The Kier molecular flexibility index (Phi) is 4.36. The summed E-state index contributed by atoms with van der Waals surface area (Å²) in [6, 6.07) is 2.71. The van der Waals surface area contributed by atoms with Crippen LogP contribution < -0.4 is 5.32 Å². The fourth-order valence-electron chi connectivity index (χ4n) is 2.32. The molecule has 2 rings (SSSR count). The highest BCUT2D eigenvalue weighted by Gasteiger charge is 2.35. The second-order valence-corrected chi connectivity index (χ2v) is 4.99. The van der Waals surface area contributed by atoms with Gasteiger partial charge in [-0.3, -0.25) is 10.1 Å². The monoisotopic (exact) mass is 304 g/mol. The number of halogens is 3. The smallest absolute Gasteiger partial charge is 0.384 e. The Bertz CT molecular complexity index is 534. The van der Waals surface area contributed by atoms with Gasteiger partial charge in [0.1, 0.15) is 0 Å². The zero-order chi connectivity index (χ0) is 15.6. The summed E-state index contributed by atoms with van der Waals surface area (Å²) in [7, 11) is 0. The molecule has 0 bridgehead atoms. The number of ether oxygens (including phenoxy) is 1. The van der Waals surface area contributed by atoms with E-state index in [1.807, 2.05) is 6.92 Å². The lowest BCUT2D eigenvalue weighted by molar-refractivity contribution is -0.385. The van der Waals surface area contributed by atoms with Crippen LogP contribution in [0, 0.1) is 16.0 Å². The molecule has 1 aliphatic heterocycles. The van der Waals surface area contributed by atoms with E-state index in [1.54, 1.807) is 0 Å². The van der Waals surface area contributed by atoms with E-state index in [2.05, 4.69) is 5.32 Å². The third-order valence-corrected chi connectivity index (χ3v) is 3.61. The molecule has 116 valence electrons. The van der Waals surface area contributed by atoms with Gasteiger partial charge in [0.25, 0.3) is 5.69 Å². The Morgan fingerprint density at radius 2 is 2.19 bits per heavy atom. The molecule has 0 saturated carbocycles. The van der Waals surface area contributed by atoms with Crippen molar-refractivity contribution in [1.29, 1.82) is 0 Å². The molecule has 1 heterocycles. The van der Waals surface area contributed by atoms with Gasteiger partial charge in [-0.2, -0.15) is 13.2 Å². The van der Waals surface area contributed by atoms with E-state index in [0.29, 0.717) is 19.2 Å². The minimum atomic E-state index is -4.65. The van der Waals surface area contributed by atoms with Crippen LogP contribution in [0.1, 0.15) is 18.9 Å². The second-order valence-electron chi connectivity index (χ2n) is 4.99. The molecule has 5 nitrogen and oxygen atoms in total. The lowest BCUT2D eigenvalue weighted by Gasteiger charge is -2.18. The molecule has 2 atom stereocenters. The third kappa shape index (κ3) is 3.63. The van der Waals surface area contributed by atoms with Crippen molar-refractivity contribution in [3.05, 3.63) is 33.9 Å². The summed E-state index contributed by atoms with van der Waals surface area (Å²) in [5.74, 6) is 0.126. The number of rotatable bonds is 4. The number of nitrogens with zero attached hydrogens (tertiary/aromatic N) is 1. The molecule has 0 amide bonds. The number of hydrogen-bond donors (Lipinski definition) is 1. The van der Waals surface area contributed by atoms with Crippen molar-refractivity contribution in [1.82, 2.24) is 0 Å². The predicted molar refractivity (Wildman–Crippen MR) is 70.1 cm³/mol. The maximum atomic E-state index is 13.0. The molecule has 0 spiro atoms. The lowest BCUT2D eigenvalue weighted by atomic mass is 10.0. The summed E-state index contributed by atoms with van der Waals surface area (Å²) in [5.41, 5.74) is -1.75. The first-order chi connectivity index (χ1) is 9.79. The first kappa shape index (κ1) is 15.6. The Morgan fingerprint density at radius 3 is 2.71 bits per heavy atom. The molecular weight excluding hydrogens is 289 g/mol. The maximum absolute atomic E-state index is 13.0. The molecular formula is C13H15F3N2O3. The van der Waals surface area contributed by atoms with Crippen LogP contribution in [0.5, 0.6) is 0 Å². The summed E-state index contributed by atoms with van der Waals surface area (Å²) < 4.78 is 44.3. The highest BCUT2D eigenvalue weighted by atomic mass is 19.4. The van der Waals surface area contributed by atoms with Crippen molar-refractivity contribution in [2.24, 2.45) is 5.92 Å². The average molecular weight is 304 g/mol. The van der Waals surface area contributed by atoms with Crippen LogP contribution in [-0.2, 0) is 10.9 Å². The van der Waals surface area contributed by atoms with Crippen LogP contribution in [-0.4, -0.2) is 24.2 Å². The van der Waals surface area contributed by atoms with Gasteiger partial charge >= 0.3 is 6.18 Å². The van der Waals surface area contributed by atoms with E-state index < -0.39 is 22.4 Å². The summed E-state index contributed by atoms with van der Waals surface area (Å²) in [4.78, 5) is 9.76. The molecule has 1 N–H and O–H groups in total. The Labute approximate surface area is 119 Å². The van der Waals surface area contributed by atoms with Crippen molar-refractivity contribution in [2.75, 3.05) is 18.5 Å². The Morgan fingerprint density at radius 1 is 1.48 bits per heavy atom. The fourth-order valence-corrected chi connectivity index (χ4v) is 2.32. The zero-order valence-electron chi connectivity index (χ0n) is 11.3. The van der Waals surface area contributed by atoms with Gasteiger partial charge in [-0.1, -0.05) is 0 Å². The molecule has 1 fully saturated rings. The number of non-ortho nitro benzene ring substituents is 1. The fraction of sp³-hybridized carbons (Fsp3) is 0.538. The normalized spacial score (nSPS) is 22.3. The first-order valence-corrected chi connectivity index (χ1v) is 6.50. The molecule has 1 saturated heterocycles. The minimum absolute atomic E-state index is 0.00937. The Balaban J connectivity index is 2.19. The number of nitro benzene ring substituents is 1. The average Bonchev–Trinajstić information content (AvgIpc) is 2.80. The SMILES string of the molecule is CC1OCCC1CNc1ccc([N+](=O)[O-])cc1C(F)(F)F. The van der Waals surface area contributed by atoms with Gasteiger partial charge < -0.3 is 10.1 Å². The topological polar surface area (TPSA) is 64.4 Å². The van der Waals surface area contributed by atoms with Crippen molar-refractivity contribution in [2.45, 2.75) is 25.6 Å². The molecule has 1 aromatic rings. The van der Waals surface area contributed by atoms with Crippen molar-refractivity contribution < 1.29 is 22.8 Å². The molecule has 0 aromatic heterocycles. The zero-order valence-corrected chi connectivity index (χ0v) is 11.3. The predicted octanol–water partition coefficient (Wildman–Crippen LogP) is 3.45. The van der Waals surface area contributed by atoms with E-state index >= 15 is 0 Å². The van der Waals surface area contributed by atoms with E-state index in [4.69, 9.17) is 4.74 Å². The van der Waals surface area contributed by atoms with Gasteiger partial charge in [-0.05, 0) is 19.4 Å². The minimum Gasteiger partial charge on any atom is -0.384 e. The van der Waals surface area contributed by atoms with Crippen molar-refractivity contribution >= 4 is 11.4 Å². The summed E-state index contributed by atoms with van der Waals surface area (Å²) >= 11 is 0. The molecule has 0 radical (unpaired) electrons. The molecule has 2 unspecified atom stereocenters. The highest BCUT2D eigenvalue weighted by Crippen LogP contribution is 2.37. The molecule has 1 aromatic carbocycles. The second kappa shape index (κ2) is 5.88. The number of benzene rings is 1. The van der Waals surface area contributed by atoms with Crippen LogP contribution in [0.25, 0.3) is 0 Å². The quantitative estimate of drug-likeness (QED) is 0.683. The summed E-state index contributed by atoms with van der Waals surface area (Å²) in [5, 5.41) is 13.3. The van der Waals surface area contributed by atoms with Crippen molar-refractivity contribution in [3.63, 3.8) is 0 Å². The number of nitro groups is 1. The van der Waals surface area contributed by atoms with Gasteiger partial charge in [-0.15, -0.1) is 0 Å². The number of hydrogen-bond acceptors (Lipinski definition) is 4. The molecule has 0 aliphatic carbocycles. The Hall–Kier alpha value is -1.83. The van der Waals surface area contributed by atoms with Gasteiger partial charge in [-0.25, -0.2) is 0 Å². The van der Waals surface area contributed by atoms with Crippen LogP contribution in [0.2, 0.25) is 0 Å². The van der Waals surface area contributed by atoms with Crippen LogP contribution >= 0.6 is 0 Å². The van der Waals surface area contributed by atoms with Gasteiger partial charge in [0.15, 0.2) is 0 Å². The summed E-state index contributed by atoms with van der Waals surface area (Å²) in [6.45, 7) is 2.81. The van der Waals surface area contributed by atoms with Crippen LogP contribution in [0.15, 0.2) is 18.2 Å². The lowest BCUT2D eigenvalue weighted by Crippen LogP contribution is -2.22. The van der Waals surface area contributed by atoms with Gasteiger partial charge in [0.05, 0.1) is 16.6 Å². The highest BCUT2D eigenvalue weighted by molar-refractivity contribution is 5.57. The molecule has 21 heavy (non-hydrogen) atoms. The third-order valence-electron chi connectivity index (χ3n) is 3.61. The molecule has 8 heteroatoms. The number of alkyl halides is 3. The first-order valence-electron chi connectivity index (χ1n) is 6.50. The van der Waals surface area contributed by atoms with Crippen LogP contribution in [0.4, 0.5) is 24.5 Å².